The van der Waals surface area contributed by atoms with Crippen LogP contribution in [0.15, 0.2) is 18.2 Å². The molecule has 0 spiro atoms. The maximum Gasteiger partial charge on any atom is 0.224 e. The van der Waals surface area contributed by atoms with Gasteiger partial charge < -0.3 is 15.2 Å². The molecule has 0 bridgehead atoms. The van der Waals surface area contributed by atoms with Crippen molar-refractivity contribution in [2.75, 3.05) is 18.4 Å². The number of aryl methyl sites for hydroxylation is 1. The lowest BCUT2D eigenvalue weighted by molar-refractivity contribution is -0.116. The van der Waals surface area contributed by atoms with Crippen molar-refractivity contribution in [1.29, 1.82) is 0 Å². The number of halogens is 1. The molecule has 0 unspecified atom stereocenters. The molecule has 1 saturated heterocycles. The molecule has 25 heavy (non-hydrogen) atoms. The molecule has 2 heterocycles. The monoisotopic (exact) mass is 359 g/mol. The summed E-state index contributed by atoms with van der Waals surface area (Å²) >= 11 is 6.11. The number of aromatic nitrogens is 3. The fourth-order valence-corrected chi connectivity index (χ4v) is 3.34. The lowest BCUT2D eigenvalue weighted by Crippen LogP contribution is -2.41. The SMILES string of the molecule is Cc1c(Cl)cccc1NC(=O)CCc1nnc(C2CNC2)n1C1CC1. The zero-order chi connectivity index (χ0) is 17.4. The lowest BCUT2D eigenvalue weighted by Gasteiger charge is -2.26. The molecule has 7 heteroatoms. The summed E-state index contributed by atoms with van der Waals surface area (Å²) in [7, 11) is 0. The number of rotatable bonds is 6. The van der Waals surface area contributed by atoms with E-state index >= 15 is 0 Å². The summed E-state index contributed by atoms with van der Waals surface area (Å²) in [6.45, 7) is 3.85. The van der Waals surface area contributed by atoms with Gasteiger partial charge in [-0.25, -0.2) is 0 Å². The fourth-order valence-electron chi connectivity index (χ4n) is 3.17. The van der Waals surface area contributed by atoms with Crippen molar-refractivity contribution < 1.29 is 4.79 Å². The van der Waals surface area contributed by atoms with Gasteiger partial charge >= 0.3 is 0 Å². The van der Waals surface area contributed by atoms with Crippen LogP contribution in [0.4, 0.5) is 5.69 Å². The first-order valence-corrected chi connectivity index (χ1v) is 9.20. The topological polar surface area (TPSA) is 71.8 Å². The van der Waals surface area contributed by atoms with Crippen LogP contribution in [0, 0.1) is 6.92 Å². The smallest absolute Gasteiger partial charge is 0.224 e. The molecule has 1 aromatic heterocycles. The Balaban J connectivity index is 1.42. The van der Waals surface area contributed by atoms with Gasteiger partial charge in [0.05, 0.1) is 0 Å². The predicted octanol–water partition coefficient (Wildman–Crippen LogP) is 2.83. The van der Waals surface area contributed by atoms with Crippen molar-refractivity contribution in [3.05, 3.63) is 40.4 Å². The number of anilines is 1. The van der Waals surface area contributed by atoms with Gasteiger partial charge in [0.1, 0.15) is 11.6 Å². The van der Waals surface area contributed by atoms with E-state index in [0.29, 0.717) is 29.8 Å². The number of hydrogen-bond acceptors (Lipinski definition) is 4. The Morgan fingerprint density at radius 1 is 1.36 bits per heavy atom. The van der Waals surface area contributed by atoms with Crippen LogP contribution in [0.5, 0.6) is 0 Å². The van der Waals surface area contributed by atoms with Gasteiger partial charge in [0.2, 0.25) is 5.91 Å². The highest BCUT2D eigenvalue weighted by atomic mass is 35.5. The van der Waals surface area contributed by atoms with E-state index in [1.165, 1.54) is 12.8 Å². The van der Waals surface area contributed by atoms with Crippen LogP contribution in [0.3, 0.4) is 0 Å². The molecule has 2 aliphatic rings. The highest BCUT2D eigenvalue weighted by molar-refractivity contribution is 6.31. The molecule has 2 N–H and O–H groups in total. The van der Waals surface area contributed by atoms with Gasteiger partial charge in [-0.1, -0.05) is 17.7 Å². The second kappa shape index (κ2) is 6.77. The molecule has 0 radical (unpaired) electrons. The van der Waals surface area contributed by atoms with Gasteiger partial charge in [0.15, 0.2) is 0 Å². The number of carbonyl (C=O) groups excluding carboxylic acids is 1. The third-order valence-electron chi connectivity index (χ3n) is 4.97. The summed E-state index contributed by atoms with van der Waals surface area (Å²) in [5, 5.41) is 15.7. The summed E-state index contributed by atoms with van der Waals surface area (Å²) < 4.78 is 2.28. The first-order chi connectivity index (χ1) is 12.1. The minimum absolute atomic E-state index is 0.0254. The molecule has 2 fully saturated rings. The van der Waals surface area contributed by atoms with Crippen molar-refractivity contribution >= 4 is 23.2 Å². The summed E-state index contributed by atoms with van der Waals surface area (Å²) in [4.78, 5) is 12.3. The zero-order valence-corrected chi connectivity index (χ0v) is 15.0. The zero-order valence-electron chi connectivity index (χ0n) is 14.3. The average molecular weight is 360 g/mol. The highest BCUT2D eigenvalue weighted by Crippen LogP contribution is 2.38. The molecule has 1 aliphatic carbocycles. The number of carbonyl (C=O) groups is 1. The van der Waals surface area contributed by atoms with E-state index in [2.05, 4.69) is 25.4 Å². The van der Waals surface area contributed by atoms with Crippen molar-refractivity contribution in [1.82, 2.24) is 20.1 Å². The Hall–Kier alpha value is -1.92. The maximum absolute atomic E-state index is 12.3. The largest absolute Gasteiger partial charge is 0.326 e. The second-order valence-electron chi connectivity index (χ2n) is 6.89. The normalized spacial score (nSPS) is 17.4. The minimum Gasteiger partial charge on any atom is -0.326 e. The third-order valence-corrected chi connectivity index (χ3v) is 5.38. The third kappa shape index (κ3) is 3.41. The van der Waals surface area contributed by atoms with Crippen molar-refractivity contribution in [3.63, 3.8) is 0 Å². The lowest BCUT2D eigenvalue weighted by atomic mass is 10.0. The van der Waals surface area contributed by atoms with E-state index in [-0.39, 0.29) is 5.91 Å². The van der Waals surface area contributed by atoms with E-state index in [1.807, 2.05) is 25.1 Å². The van der Waals surface area contributed by atoms with Crippen molar-refractivity contribution in [2.45, 2.75) is 44.6 Å². The number of amides is 1. The Bertz CT molecular complexity index is 795. The van der Waals surface area contributed by atoms with E-state index in [9.17, 15) is 4.79 Å². The Labute approximate surface area is 152 Å². The van der Waals surface area contributed by atoms with Crippen LogP contribution < -0.4 is 10.6 Å². The predicted molar refractivity (Wildman–Crippen MR) is 97.0 cm³/mol. The van der Waals surface area contributed by atoms with Gasteiger partial charge in [0.25, 0.3) is 0 Å². The summed E-state index contributed by atoms with van der Waals surface area (Å²) in [6, 6.07) is 6.06. The Morgan fingerprint density at radius 3 is 2.84 bits per heavy atom. The quantitative estimate of drug-likeness (QED) is 0.832. The van der Waals surface area contributed by atoms with E-state index in [0.717, 1.165) is 36.0 Å². The van der Waals surface area contributed by atoms with E-state index < -0.39 is 0 Å². The molecule has 1 saturated carbocycles. The second-order valence-corrected chi connectivity index (χ2v) is 7.30. The van der Waals surface area contributed by atoms with Gasteiger partial charge in [-0.05, 0) is 37.5 Å². The van der Waals surface area contributed by atoms with Crippen LogP contribution in [-0.4, -0.2) is 33.8 Å². The molecule has 6 nitrogen and oxygen atoms in total. The molecule has 1 aliphatic heterocycles. The molecule has 1 amide bonds. The average Bonchev–Trinajstić information content (AvgIpc) is 3.30. The summed E-state index contributed by atoms with van der Waals surface area (Å²) in [5.41, 5.74) is 1.65. The number of nitrogens with zero attached hydrogens (tertiary/aromatic N) is 3. The molecular weight excluding hydrogens is 338 g/mol. The standard InChI is InChI=1S/C18H22ClN5O/c1-11-14(19)3-2-4-15(11)21-17(25)8-7-16-22-23-18(12-9-20-10-12)24(16)13-5-6-13/h2-4,12-13,20H,5-10H2,1H3,(H,21,25). The van der Waals surface area contributed by atoms with Crippen LogP contribution in [0.25, 0.3) is 0 Å². The maximum atomic E-state index is 12.3. The van der Waals surface area contributed by atoms with Gasteiger partial charge in [0, 0.05) is 48.6 Å². The Morgan fingerprint density at radius 2 is 2.16 bits per heavy atom. The number of benzene rings is 1. The van der Waals surface area contributed by atoms with Crippen molar-refractivity contribution in [2.24, 2.45) is 0 Å². The van der Waals surface area contributed by atoms with Gasteiger partial charge in [-0.2, -0.15) is 0 Å². The van der Waals surface area contributed by atoms with E-state index in [4.69, 9.17) is 11.6 Å². The Kier molecular flexibility index (Phi) is 4.48. The van der Waals surface area contributed by atoms with Crippen molar-refractivity contribution in [3.8, 4) is 0 Å². The molecule has 4 rings (SSSR count). The fraction of sp³-hybridized carbons (Fsp3) is 0.500. The van der Waals surface area contributed by atoms with Gasteiger partial charge in [-0.3, -0.25) is 4.79 Å². The summed E-state index contributed by atoms with van der Waals surface area (Å²) in [6.07, 6.45) is 3.37. The van der Waals surface area contributed by atoms with E-state index in [1.54, 1.807) is 0 Å². The first-order valence-electron chi connectivity index (χ1n) is 8.83. The number of hydrogen-bond donors (Lipinski definition) is 2. The first kappa shape index (κ1) is 16.5. The molecule has 0 atom stereocenters. The van der Waals surface area contributed by atoms with Crippen LogP contribution in [0.2, 0.25) is 5.02 Å². The summed E-state index contributed by atoms with van der Waals surface area (Å²) in [5.74, 6) is 2.46. The van der Waals surface area contributed by atoms with Crippen LogP contribution in [0.1, 0.15) is 48.4 Å². The number of nitrogens with one attached hydrogen (secondary N) is 2. The molecule has 132 valence electrons. The highest BCUT2D eigenvalue weighted by Gasteiger charge is 2.34. The molecular formula is C18H22ClN5O. The minimum atomic E-state index is -0.0254. The molecule has 2 aromatic rings. The van der Waals surface area contributed by atoms with Crippen LogP contribution >= 0.6 is 11.6 Å². The van der Waals surface area contributed by atoms with Gasteiger partial charge in [-0.15, -0.1) is 10.2 Å². The van der Waals surface area contributed by atoms with Crippen LogP contribution in [-0.2, 0) is 11.2 Å². The molecule has 1 aromatic carbocycles.